The fraction of sp³-hybridized carbons (Fsp3) is 0.143. The minimum atomic E-state index is -0.315. The Labute approximate surface area is 124 Å². The first-order valence-corrected chi connectivity index (χ1v) is 6.76. The summed E-state index contributed by atoms with van der Waals surface area (Å²) in [6.45, 7) is 0.250. The van der Waals surface area contributed by atoms with Crippen molar-refractivity contribution in [2.75, 3.05) is 12.4 Å². The van der Waals surface area contributed by atoms with Crippen molar-refractivity contribution in [2.24, 2.45) is 0 Å². The van der Waals surface area contributed by atoms with Gasteiger partial charge in [0.15, 0.2) is 0 Å². The van der Waals surface area contributed by atoms with E-state index in [0.29, 0.717) is 21.4 Å². The fourth-order valence-electron chi connectivity index (χ4n) is 1.71. The Hall–Kier alpha value is -1.95. The van der Waals surface area contributed by atoms with E-state index in [1.54, 1.807) is 37.5 Å². The number of halogens is 2. The molecule has 1 aromatic heterocycles. The van der Waals surface area contributed by atoms with Gasteiger partial charge in [-0.15, -0.1) is 0 Å². The Morgan fingerprint density at radius 1 is 1.40 bits per heavy atom. The fourth-order valence-corrected chi connectivity index (χ4v) is 2.04. The summed E-state index contributed by atoms with van der Waals surface area (Å²) in [6, 6.07) is 8.17. The molecule has 0 atom stereocenters. The number of rotatable bonds is 4. The van der Waals surface area contributed by atoms with Gasteiger partial charge in [0.05, 0.1) is 5.56 Å². The maximum atomic E-state index is 13.7. The number of carbonyl (C=O) groups is 1. The van der Waals surface area contributed by atoms with E-state index in [2.05, 4.69) is 31.5 Å². The molecule has 0 fully saturated rings. The smallest absolute Gasteiger partial charge is 0.254 e. The van der Waals surface area contributed by atoms with Crippen molar-refractivity contribution in [2.45, 2.75) is 6.54 Å². The van der Waals surface area contributed by atoms with Gasteiger partial charge in [0, 0.05) is 29.8 Å². The van der Waals surface area contributed by atoms with Crippen molar-refractivity contribution in [3.8, 4) is 0 Å². The predicted octanol–water partition coefficient (Wildman–Crippen LogP) is 2.95. The maximum Gasteiger partial charge on any atom is 0.254 e. The highest BCUT2D eigenvalue weighted by molar-refractivity contribution is 9.10. The Kier molecular flexibility index (Phi) is 4.68. The SMILES string of the molecule is CNC(=O)c1cccnc1NCc1ccc(Br)cc1F. The average molecular weight is 338 g/mol. The lowest BCUT2D eigenvalue weighted by Crippen LogP contribution is -2.20. The van der Waals surface area contributed by atoms with E-state index in [-0.39, 0.29) is 18.3 Å². The Morgan fingerprint density at radius 3 is 2.90 bits per heavy atom. The van der Waals surface area contributed by atoms with Crippen LogP contribution >= 0.6 is 15.9 Å². The summed E-state index contributed by atoms with van der Waals surface area (Å²) in [5.74, 6) is -0.129. The van der Waals surface area contributed by atoms with Gasteiger partial charge in [-0.25, -0.2) is 9.37 Å². The molecule has 4 nitrogen and oxygen atoms in total. The van der Waals surface area contributed by atoms with Crippen LogP contribution in [-0.2, 0) is 6.54 Å². The van der Waals surface area contributed by atoms with Crippen LogP contribution in [-0.4, -0.2) is 17.9 Å². The molecule has 104 valence electrons. The molecule has 0 unspecified atom stereocenters. The summed E-state index contributed by atoms with van der Waals surface area (Å²) in [5, 5.41) is 5.52. The molecule has 0 saturated carbocycles. The molecular formula is C14H13BrFN3O. The van der Waals surface area contributed by atoms with Crippen LogP contribution in [0.5, 0.6) is 0 Å². The second-order valence-corrected chi connectivity index (χ2v) is 4.98. The van der Waals surface area contributed by atoms with Crippen LogP contribution < -0.4 is 10.6 Å². The van der Waals surface area contributed by atoms with Crippen molar-refractivity contribution in [1.29, 1.82) is 0 Å². The first kappa shape index (κ1) is 14.5. The van der Waals surface area contributed by atoms with Crippen molar-refractivity contribution in [1.82, 2.24) is 10.3 Å². The molecule has 0 aliphatic carbocycles. The number of hydrogen-bond acceptors (Lipinski definition) is 3. The molecule has 2 N–H and O–H groups in total. The van der Waals surface area contributed by atoms with Crippen LogP contribution in [0.1, 0.15) is 15.9 Å². The van der Waals surface area contributed by atoms with E-state index in [9.17, 15) is 9.18 Å². The summed E-state index contributed by atoms with van der Waals surface area (Å²) in [7, 11) is 1.55. The lowest BCUT2D eigenvalue weighted by molar-refractivity contribution is 0.0963. The van der Waals surface area contributed by atoms with Gasteiger partial charge in [0.2, 0.25) is 0 Å². The first-order chi connectivity index (χ1) is 9.61. The predicted molar refractivity (Wildman–Crippen MR) is 79.1 cm³/mol. The second-order valence-electron chi connectivity index (χ2n) is 4.07. The minimum absolute atomic E-state index is 0.239. The molecule has 20 heavy (non-hydrogen) atoms. The lowest BCUT2D eigenvalue weighted by atomic mass is 10.2. The highest BCUT2D eigenvalue weighted by Crippen LogP contribution is 2.17. The zero-order chi connectivity index (χ0) is 14.5. The molecule has 0 radical (unpaired) electrons. The largest absolute Gasteiger partial charge is 0.365 e. The standard InChI is InChI=1S/C14H13BrFN3O/c1-17-14(20)11-3-2-6-18-13(11)19-8-9-4-5-10(15)7-12(9)16/h2-7H,8H2,1H3,(H,17,20)(H,18,19). The van der Waals surface area contributed by atoms with E-state index in [4.69, 9.17) is 0 Å². The number of pyridine rings is 1. The number of benzene rings is 1. The van der Waals surface area contributed by atoms with Crippen molar-refractivity contribution in [3.05, 3.63) is 57.9 Å². The molecule has 0 saturated heterocycles. The topological polar surface area (TPSA) is 54.0 Å². The summed E-state index contributed by atoms with van der Waals surface area (Å²) < 4.78 is 14.4. The van der Waals surface area contributed by atoms with Gasteiger partial charge in [0.25, 0.3) is 5.91 Å². The van der Waals surface area contributed by atoms with Gasteiger partial charge in [-0.3, -0.25) is 4.79 Å². The van der Waals surface area contributed by atoms with Crippen LogP contribution in [0.4, 0.5) is 10.2 Å². The highest BCUT2D eigenvalue weighted by atomic mass is 79.9. The Balaban J connectivity index is 2.17. The number of carbonyl (C=O) groups excluding carboxylic acids is 1. The third-order valence-electron chi connectivity index (χ3n) is 2.74. The van der Waals surface area contributed by atoms with Crippen molar-refractivity contribution < 1.29 is 9.18 Å². The molecule has 2 aromatic rings. The van der Waals surface area contributed by atoms with E-state index < -0.39 is 0 Å². The van der Waals surface area contributed by atoms with Crippen LogP contribution in [0.25, 0.3) is 0 Å². The molecule has 6 heteroatoms. The van der Waals surface area contributed by atoms with Gasteiger partial charge in [-0.05, 0) is 24.3 Å². The van der Waals surface area contributed by atoms with E-state index in [1.807, 2.05) is 0 Å². The van der Waals surface area contributed by atoms with Gasteiger partial charge in [-0.1, -0.05) is 22.0 Å². The molecular weight excluding hydrogens is 325 g/mol. The zero-order valence-electron chi connectivity index (χ0n) is 10.8. The van der Waals surface area contributed by atoms with Gasteiger partial charge >= 0.3 is 0 Å². The molecule has 0 aliphatic rings. The zero-order valence-corrected chi connectivity index (χ0v) is 12.4. The number of aromatic nitrogens is 1. The Bertz CT molecular complexity index is 634. The van der Waals surface area contributed by atoms with Gasteiger partial charge < -0.3 is 10.6 Å². The summed E-state index contributed by atoms with van der Waals surface area (Å²) in [5.41, 5.74) is 0.925. The second kappa shape index (κ2) is 6.47. The third-order valence-corrected chi connectivity index (χ3v) is 3.23. The molecule has 1 amide bonds. The molecule has 0 bridgehead atoms. The molecule has 0 spiro atoms. The maximum absolute atomic E-state index is 13.7. The third kappa shape index (κ3) is 3.33. The highest BCUT2D eigenvalue weighted by Gasteiger charge is 2.11. The lowest BCUT2D eigenvalue weighted by Gasteiger charge is -2.10. The molecule has 0 aliphatic heterocycles. The van der Waals surface area contributed by atoms with E-state index in [1.165, 1.54) is 6.07 Å². The van der Waals surface area contributed by atoms with Crippen LogP contribution in [0.15, 0.2) is 41.0 Å². The molecule has 1 heterocycles. The molecule has 2 rings (SSSR count). The normalized spacial score (nSPS) is 10.2. The average Bonchev–Trinajstić information content (AvgIpc) is 2.46. The molecule has 1 aromatic carbocycles. The van der Waals surface area contributed by atoms with Crippen LogP contribution in [0, 0.1) is 5.82 Å². The number of anilines is 1. The first-order valence-electron chi connectivity index (χ1n) is 5.96. The summed E-state index contributed by atoms with van der Waals surface area (Å²) >= 11 is 3.21. The van der Waals surface area contributed by atoms with E-state index >= 15 is 0 Å². The van der Waals surface area contributed by atoms with Gasteiger partial charge in [-0.2, -0.15) is 0 Å². The van der Waals surface area contributed by atoms with Gasteiger partial charge in [0.1, 0.15) is 11.6 Å². The van der Waals surface area contributed by atoms with Crippen LogP contribution in [0.2, 0.25) is 0 Å². The monoisotopic (exact) mass is 337 g/mol. The number of amides is 1. The quantitative estimate of drug-likeness (QED) is 0.901. The van der Waals surface area contributed by atoms with Crippen molar-refractivity contribution >= 4 is 27.7 Å². The summed E-state index contributed by atoms with van der Waals surface area (Å²) in [6.07, 6.45) is 1.58. The number of nitrogens with zero attached hydrogens (tertiary/aromatic N) is 1. The van der Waals surface area contributed by atoms with Crippen LogP contribution in [0.3, 0.4) is 0 Å². The number of nitrogens with one attached hydrogen (secondary N) is 2. The van der Waals surface area contributed by atoms with Crippen molar-refractivity contribution in [3.63, 3.8) is 0 Å². The Morgan fingerprint density at radius 2 is 2.20 bits per heavy atom. The minimum Gasteiger partial charge on any atom is -0.365 e. The number of hydrogen-bond donors (Lipinski definition) is 2. The van der Waals surface area contributed by atoms with E-state index in [0.717, 1.165) is 0 Å². The summed E-state index contributed by atoms with van der Waals surface area (Å²) in [4.78, 5) is 15.8.